The maximum atomic E-state index is 12.4. The molecule has 0 unspecified atom stereocenters. The number of aromatic nitrogens is 1. The highest BCUT2D eigenvalue weighted by atomic mass is 32.2. The molecule has 1 heterocycles. The first kappa shape index (κ1) is 15.2. The summed E-state index contributed by atoms with van der Waals surface area (Å²) in [5, 5.41) is 2.42. The molecule has 7 heteroatoms. The number of nitrogens with one attached hydrogen (secondary N) is 1. The molecule has 0 spiro atoms. The van der Waals surface area contributed by atoms with Gasteiger partial charge in [-0.1, -0.05) is 18.2 Å². The van der Waals surface area contributed by atoms with E-state index < -0.39 is 15.1 Å². The number of amides is 1. The smallest absolute Gasteiger partial charge is 0.271 e. The van der Waals surface area contributed by atoms with Crippen LogP contribution in [0.2, 0.25) is 0 Å². The van der Waals surface area contributed by atoms with E-state index in [1.807, 2.05) is 6.92 Å². The minimum absolute atomic E-state index is 0.0991. The summed E-state index contributed by atoms with van der Waals surface area (Å²) in [5.41, 5.74) is 0.400. The van der Waals surface area contributed by atoms with E-state index >= 15 is 0 Å². The van der Waals surface area contributed by atoms with Crippen LogP contribution in [-0.4, -0.2) is 30.0 Å². The van der Waals surface area contributed by atoms with E-state index in [4.69, 9.17) is 0 Å². The first-order chi connectivity index (χ1) is 10.5. The average molecular weight is 336 g/mol. The van der Waals surface area contributed by atoms with Crippen molar-refractivity contribution in [1.29, 1.82) is 0 Å². The van der Waals surface area contributed by atoms with Crippen LogP contribution in [0.5, 0.6) is 0 Å². The quantitative estimate of drug-likeness (QED) is 0.928. The van der Waals surface area contributed by atoms with Crippen molar-refractivity contribution in [3.8, 4) is 0 Å². The van der Waals surface area contributed by atoms with Gasteiger partial charge in [-0.3, -0.25) is 4.79 Å². The van der Waals surface area contributed by atoms with Crippen LogP contribution in [0.1, 0.15) is 28.2 Å². The number of rotatable bonds is 4. The van der Waals surface area contributed by atoms with Gasteiger partial charge in [-0.15, -0.1) is 0 Å². The third kappa shape index (κ3) is 2.91. The van der Waals surface area contributed by atoms with Gasteiger partial charge in [0.1, 0.15) is 5.69 Å². The Hall–Kier alpha value is -1.73. The van der Waals surface area contributed by atoms with Gasteiger partial charge >= 0.3 is 0 Å². The molecule has 116 valence electrons. The molecule has 0 radical (unpaired) electrons. The van der Waals surface area contributed by atoms with Crippen molar-refractivity contribution >= 4 is 27.3 Å². The summed E-state index contributed by atoms with van der Waals surface area (Å²) in [7, 11) is -3.30. The Balaban J connectivity index is 1.59. The first-order valence-electron chi connectivity index (χ1n) is 7.00. The topological polar surface area (TPSA) is 76.1 Å². The maximum absolute atomic E-state index is 12.4. The number of hydrogen-bond acceptors (Lipinski definition) is 5. The summed E-state index contributed by atoms with van der Waals surface area (Å²) < 4.78 is 28.8. The lowest BCUT2D eigenvalue weighted by Gasteiger charge is -2.35. The first-order valence-corrected chi connectivity index (χ1v) is 9.32. The summed E-state index contributed by atoms with van der Waals surface area (Å²) in [5.74, 6) is -0.232. The minimum Gasteiger partial charge on any atom is -0.348 e. The Morgan fingerprint density at radius 3 is 2.55 bits per heavy atom. The fourth-order valence-corrected chi connectivity index (χ4v) is 4.91. The molecule has 0 bridgehead atoms. The number of carbonyl (C=O) groups is 1. The lowest BCUT2D eigenvalue weighted by atomic mass is 9.92. The largest absolute Gasteiger partial charge is 0.348 e. The molecular weight excluding hydrogens is 320 g/mol. The Kier molecular flexibility index (Phi) is 4.01. The van der Waals surface area contributed by atoms with E-state index in [1.54, 1.807) is 36.4 Å². The number of hydrogen-bond donors (Lipinski definition) is 1. The highest BCUT2D eigenvalue weighted by Gasteiger charge is 2.40. The fourth-order valence-electron chi connectivity index (χ4n) is 2.47. The zero-order chi connectivity index (χ0) is 15.7. The fraction of sp³-hybridized carbons (Fsp3) is 0.333. The van der Waals surface area contributed by atoms with Gasteiger partial charge in [-0.05, 0) is 49.5 Å². The van der Waals surface area contributed by atoms with Crippen LogP contribution >= 0.6 is 11.5 Å². The van der Waals surface area contributed by atoms with E-state index in [2.05, 4.69) is 9.69 Å². The van der Waals surface area contributed by atoms with Gasteiger partial charge in [-0.25, -0.2) is 8.42 Å². The number of benzene rings is 1. The molecule has 22 heavy (non-hydrogen) atoms. The van der Waals surface area contributed by atoms with Crippen LogP contribution in [0.15, 0.2) is 41.3 Å². The molecular formula is C15H16N2O3S2. The molecule has 1 N–H and O–H groups in total. The van der Waals surface area contributed by atoms with Crippen LogP contribution in [0.25, 0.3) is 0 Å². The summed E-state index contributed by atoms with van der Waals surface area (Å²) >= 11 is 1.28. The molecule has 3 rings (SSSR count). The van der Waals surface area contributed by atoms with Crippen LogP contribution in [0.3, 0.4) is 0 Å². The van der Waals surface area contributed by atoms with Gasteiger partial charge in [0.15, 0.2) is 9.84 Å². The molecule has 1 aliphatic carbocycles. The molecule has 5 nitrogen and oxygen atoms in total. The second-order valence-corrected chi connectivity index (χ2v) is 8.68. The predicted octanol–water partition coefficient (Wildman–Crippen LogP) is 2.19. The van der Waals surface area contributed by atoms with Crippen molar-refractivity contribution in [2.75, 3.05) is 0 Å². The molecule has 2 aromatic rings. The Morgan fingerprint density at radius 1 is 1.27 bits per heavy atom. The van der Waals surface area contributed by atoms with Crippen molar-refractivity contribution in [2.24, 2.45) is 0 Å². The normalized spacial score (nSPS) is 21.1. The Labute approximate surface area is 133 Å². The van der Waals surface area contributed by atoms with E-state index in [0.29, 0.717) is 23.4 Å². The number of nitrogens with zero attached hydrogens (tertiary/aromatic N) is 1. The van der Waals surface area contributed by atoms with Gasteiger partial charge in [0, 0.05) is 10.9 Å². The van der Waals surface area contributed by atoms with Crippen LogP contribution in [-0.2, 0) is 9.84 Å². The third-order valence-corrected chi connectivity index (χ3v) is 6.69. The number of sulfone groups is 1. The van der Waals surface area contributed by atoms with E-state index in [1.165, 1.54) is 11.5 Å². The lowest BCUT2D eigenvalue weighted by molar-refractivity contribution is 0.0913. The second-order valence-electron chi connectivity index (χ2n) is 5.44. The highest BCUT2D eigenvalue weighted by Crippen LogP contribution is 2.31. The summed E-state index contributed by atoms with van der Waals surface area (Å²) in [4.78, 5) is 13.3. The highest BCUT2D eigenvalue weighted by molar-refractivity contribution is 7.92. The monoisotopic (exact) mass is 336 g/mol. The molecule has 1 aliphatic rings. The van der Waals surface area contributed by atoms with Crippen molar-refractivity contribution in [2.45, 2.75) is 36.0 Å². The SMILES string of the molecule is Cc1cc(C(=O)NC2CC(S(=O)(=O)c3ccccc3)C2)ns1. The maximum Gasteiger partial charge on any atom is 0.271 e. The zero-order valence-corrected chi connectivity index (χ0v) is 13.7. The Morgan fingerprint density at radius 2 is 1.95 bits per heavy atom. The molecule has 1 fully saturated rings. The summed E-state index contributed by atoms with van der Waals surface area (Å²) in [6.45, 7) is 1.89. The van der Waals surface area contributed by atoms with Crippen molar-refractivity contribution in [3.63, 3.8) is 0 Å². The van der Waals surface area contributed by atoms with Crippen LogP contribution in [0, 0.1) is 6.92 Å². The van der Waals surface area contributed by atoms with Gasteiger partial charge in [0.05, 0.1) is 10.1 Å². The summed E-state index contributed by atoms with van der Waals surface area (Å²) in [6.07, 6.45) is 0.901. The summed E-state index contributed by atoms with van der Waals surface area (Å²) in [6, 6.07) is 10.1. The van der Waals surface area contributed by atoms with Gasteiger partial charge in [0.2, 0.25) is 0 Å². The number of carbonyl (C=O) groups excluding carboxylic acids is 1. The van der Waals surface area contributed by atoms with Crippen LogP contribution < -0.4 is 5.32 Å². The zero-order valence-electron chi connectivity index (χ0n) is 12.0. The number of aryl methyl sites for hydroxylation is 1. The second kappa shape index (κ2) is 5.81. The van der Waals surface area contributed by atoms with Gasteiger partial charge < -0.3 is 5.32 Å². The standard InChI is InChI=1S/C15H16N2O3S2/c1-10-7-14(17-21-10)15(18)16-11-8-13(9-11)22(19,20)12-5-3-2-4-6-12/h2-7,11,13H,8-9H2,1H3,(H,16,18). The molecule has 0 aliphatic heterocycles. The molecule has 1 aromatic carbocycles. The Bertz CT molecular complexity index is 778. The third-order valence-electron chi connectivity index (χ3n) is 3.80. The molecule has 0 saturated heterocycles. The predicted molar refractivity (Wildman–Crippen MR) is 84.8 cm³/mol. The molecule has 1 amide bonds. The molecule has 1 aromatic heterocycles. The average Bonchev–Trinajstić information content (AvgIpc) is 2.89. The van der Waals surface area contributed by atoms with Crippen molar-refractivity contribution < 1.29 is 13.2 Å². The lowest BCUT2D eigenvalue weighted by Crippen LogP contribution is -2.49. The van der Waals surface area contributed by atoms with E-state index in [9.17, 15) is 13.2 Å². The minimum atomic E-state index is -3.30. The van der Waals surface area contributed by atoms with E-state index in [-0.39, 0.29) is 11.9 Å². The van der Waals surface area contributed by atoms with Gasteiger partial charge in [-0.2, -0.15) is 4.37 Å². The van der Waals surface area contributed by atoms with Crippen molar-refractivity contribution in [1.82, 2.24) is 9.69 Å². The van der Waals surface area contributed by atoms with Crippen molar-refractivity contribution in [3.05, 3.63) is 47.0 Å². The van der Waals surface area contributed by atoms with Gasteiger partial charge in [0.25, 0.3) is 5.91 Å². The molecule has 1 saturated carbocycles. The van der Waals surface area contributed by atoms with E-state index in [0.717, 1.165) is 4.88 Å². The molecule has 0 atom stereocenters. The van der Waals surface area contributed by atoms with Crippen LogP contribution in [0.4, 0.5) is 0 Å².